The van der Waals surface area contributed by atoms with E-state index in [2.05, 4.69) is 12.2 Å². The molecule has 0 saturated carbocycles. The third kappa shape index (κ3) is 8.82. The van der Waals surface area contributed by atoms with Crippen LogP contribution in [0.15, 0.2) is 108 Å². The number of unbranched alkanes of at least 4 members (excludes halogenated alkanes) is 1. The van der Waals surface area contributed by atoms with Crippen molar-refractivity contribution in [3.8, 4) is 0 Å². The van der Waals surface area contributed by atoms with E-state index in [0.717, 1.165) is 40.7 Å². The van der Waals surface area contributed by atoms with E-state index in [0.29, 0.717) is 12.2 Å². The molecule has 2 amide bonds. The summed E-state index contributed by atoms with van der Waals surface area (Å²) in [6, 6.07) is 30.2. The molecule has 8 heteroatoms. The standard InChI is InChI=1S/C37H43N3O4S/c1-5-6-22-38-37(42)35(25-31-15-9-7-10-16-31)39(26-32-17-13-14-28(2)23-32)36(41)27-40(34-24-29(3)20-21-30(34)4)45(43,44)33-18-11-8-12-19-33/h7-21,23-24,35H,5-6,22,25-27H2,1-4H3,(H,38,42)/t35-/m1/s1. The van der Waals surface area contributed by atoms with Crippen molar-refractivity contribution in [2.24, 2.45) is 0 Å². The van der Waals surface area contributed by atoms with Gasteiger partial charge in [-0.05, 0) is 67.6 Å². The summed E-state index contributed by atoms with van der Waals surface area (Å²) in [5, 5.41) is 3.03. The minimum absolute atomic E-state index is 0.0853. The van der Waals surface area contributed by atoms with Gasteiger partial charge in [-0.1, -0.05) is 104 Å². The van der Waals surface area contributed by atoms with Crippen molar-refractivity contribution in [3.05, 3.63) is 131 Å². The van der Waals surface area contributed by atoms with Crippen LogP contribution < -0.4 is 9.62 Å². The van der Waals surface area contributed by atoms with Crippen molar-refractivity contribution in [2.45, 2.75) is 64.4 Å². The lowest BCUT2D eigenvalue weighted by Gasteiger charge is -2.34. The van der Waals surface area contributed by atoms with Gasteiger partial charge in [-0.25, -0.2) is 8.42 Å². The number of anilines is 1. The van der Waals surface area contributed by atoms with Gasteiger partial charge in [0.05, 0.1) is 10.6 Å². The van der Waals surface area contributed by atoms with Gasteiger partial charge in [-0.3, -0.25) is 13.9 Å². The van der Waals surface area contributed by atoms with Crippen LogP contribution in [0.5, 0.6) is 0 Å². The van der Waals surface area contributed by atoms with E-state index in [-0.39, 0.29) is 23.8 Å². The molecule has 4 rings (SSSR count). The maximum absolute atomic E-state index is 14.6. The van der Waals surface area contributed by atoms with E-state index in [1.54, 1.807) is 29.2 Å². The Hall–Kier alpha value is -4.43. The Bertz CT molecular complexity index is 1690. The molecular formula is C37H43N3O4S. The van der Waals surface area contributed by atoms with Crippen LogP contribution in [0.25, 0.3) is 0 Å². The highest BCUT2D eigenvalue weighted by Crippen LogP contribution is 2.29. The molecule has 7 nitrogen and oxygen atoms in total. The maximum Gasteiger partial charge on any atom is 0.264 e. The molecule has 4 aromatic carbocycles. The van der Waals surface area contributed by atoms with Gasteiger partial charge in [-0.15, -0.1) is 0 Å². The first-order chi connectivity index (χ1) is 21.6. The first kappa shape index (κ1) is 33.5. The zero-order valence-corrected chi connectivity index (χ0v) is 27.4. The molecule has 0 aromatic heterocycles. The van der Waals surface area contributed by atoms with Crippen LogP contribution in [-0.2, 0) is 32.6 Å². The average Bonchev–Trinajstić information content (AvgIpc) is 3.03. The van der Waals surface area contributed by atoms with Crippen molar-refractivity contribution in [3.63, 3.8) is 0 Å². The number of amides is 2. The number of aryl methyl sites for hydroxylation is 3. The highest BCUT2D eigenvalue weighted by molar-refractivity contribution is 7.92. The fraction of sp³-hybridized carbons (Fsp3) is 0.297. The number of benzene rings is 4. The number of sulfonamides is 1. The van der Waals surface area contributed by atoms with Gasteiger partial charge < -0.3 is 10.2 Å². The fourth-order valence-electron chi connectivity index (χ4n) is 5.29. The molecule has 0 spiro atoms. The maximum atomic E-state index is 14.6. The van der Waals surface area contributed by atoms with E-state index in [9.17, 15) is 18.0 Å². The van der Waals surface area contributed by atoms with Crippen molar-refractivity contribution < 1.29 is 18.0 Å². The monoisotopic (exact) mass is 625 g/mol. The zero-order chi connectivity index (χ0) is 32.4. The fourth-order valence-corrected chi connectivity index (χ4v) is 6.78. The normalized spacial score (nSPS) is 11.9. The van der Waals surface area contributed by atoms with Crippen molar-refractivity contribution in [2.75, 3.05) is 17.4 Å². The summed E-state index contributed by atoms with van der Waals surface area (Å²) in [6.45, 7) is 7.91. The lowest BCUT2D eigenvalue weighted by atomic mass is 10.0. The van der Waals surface area contributed by atoms with Gasteiger partial charge in [0, 0.05) is 19.5 Å². The van der Waals surface area contributed by atoms with Crippen molar-refractivity contribution in [1.82, 2.24) is 10.2 Å². The molecule has 0 radical (unpaired) electrons. The minimum Gasteiger partial charge on any atom is -0.354 e. The molecule has 0 saturated heterocycles. The van der Waals surface area contributed by atoms with E-state index in [4.69, 9.17) is 0 Å². The quantitative estimate of drug-likeness (QED) is 0.165. The van der Waals surface area contributed by atoms with Gasteiger partial charge in [-0.2, -0.15) is 0 Å². The van der Waals surface area contributed by atoms with Gasteiger partial charge in [0.2, 0.25) is 11.8 Å². The summed E-state index contributed by atoms with van der Waals surface area (Å²) in [5.74, 6) is -0.735. The molecule has 0 bridgehead atoms. The average molecular weight is 626 g/mol. The largest absolute Gasteiger partial charge is 0.354 e. The summed E-state index contributed by atoms with van der Waals surface area (Å²) in [5.41, 5.74) is 4.79. The van der Waals surface area contributed by atoms with Gasteiger partial charge in [0.15, 0.2) is 0 Å². The van der Waals surface area contributed by atoms with Crippen LogP contribution >= 0.6 is 0 Å². The van der Waals surface area contributed by atoms with Crippen LogP contribution in [0, 0.1) is 20.8 Å². The predicted octanol–water partition coefficient (Wildman–Crippen LogP) is 6.36. The number of hydrogen-bond donors (Lipinski definition) is 1. The lowest BCUT2D eigenvalue weighted by molar-refractivity contribution is -0.140. The van der Waals surface area contributed by atoms with Crippen molar-refractivity contribution in [1.29, 1.82) is 0 Å². The van der Waals surface area contributed by atoms with E-state index in [1.165, 1.54) is 16.4 Å². The molecule has 0 heterocycles. The Labute approximate surface area is 268 Å². The second-order valence-corrected chi connectivity index (χ2v) is 13.3. The van der Waals surface area contributed by atoms with E-state index in [1.807, 2.05) is 87.5 Å². The Balaban J connectivity index is 1.81. The summed E-state index contributed by atoms with van der Waals surface area (Å²) in [4.78, 5) is 30.1. The van der Waals surface area contributed by atoms with Gasteiger partial charge in [0.1, 0.15) is 12.6 Å². The molecule has 0 aliphatic rings. The smallest absolute Gasteiger partial charge is 0.264 e. The number of nitrogens with zero attached hydrogens (tertiary/aromatic N) is 2. The summed E-state index contributed by atoms with van der Waals surface area (Å²) in [7, 11) is -4.14. The topological polar surface area (TPSA) is 86.8 Å². The van der Waals surface area contributed by atoms with Crippen LogP contribution in [0.1, 0.15) is 47.6 Å². The second-order valence-electron chi connectivity index (χ2n) is 11.5. The molecule has 236 valence electrons. The first-order valence-electron chi connectivity index (χ1n) is 15.4. The third-order valence-electron chi connectivity index (χ3n) is 7.78. The molecule has 4 aromatic rings. The number of carbonyl (C=O) groups excluding carboxylic acids is 2. The van der Waals surface area contributed by atoms with Crippen LogP contribution in [0.3, 0.4) is 0 Å². The highest BCUT2D eigenvalue weighted by atomic mass is 32.2. The first-order valence-corrected chi connectivity index (χ1v) is 16.9. The molecule has 45 heavy (non-hydrogen) atoms. The lowest BCUT2D eigenvalue weighted by Crippen LogP contribution is -2.53. The Kier molecular flexibility index (Phi) is 11.5. The molecule has 0 aliphatic carbocycles. The molecule has 1 atom stereocenters. The Morgan fingerprint density at radius 1 is 0.778 bits per heavy atom. The molecule has 0 aliphatic heterocycles. The van der Waals surface area contributed by atoms with Gasteiger partial charge in [0.25, 0.3) is 10.0 Å². The SMILES string of the molecule is CCCCNC(=O)[C@@H](Cc1ccccc1)N(Cc1cccc(C)c1)C(=O)CN(c1cc(C)ccc1C)S(=O)(=O)c1ccccc1. The number of nitrogens with one attached hydrogen (secondary N) is 1. The summed E-state index contributed by atoms with van der Waals surface area (Å²) >= 11 is 0. The van der Waals surface area contributed by atoms with Crippen molar-refractivity contribution >= 4 is 27.5 Å². The molecule has 0 unspecified atom stereocenters. The third-order valence-corrected chi connectivity index (χ3v) is 9.55. The number of rotatable bonds is 14. The van der Waals surface area contributed by atoms with E-state index < -0.39 is 28.5 Å². The van der Waals surface area contributed by atoms with Crippen LogP contribution in [0.4, 0.5) is 5.69 Å². The van der Waals surface area contributed by atoms with E-state index >= 15 is 0 Å². The predicted molar refractivity (Wildman–Crippen MR) is 180 cm³/mol. The second kappa shape index (κ2) is 15.5. The van der Waals surface area contributed by atoms with Crippen LogP contribution in [0.2, 0.25) is 0 Å². The van der Waals surface area contributed by atoms with Gasteiger partial charge >= 0.3 is 0 Å². The summed E-state index contributed by atoms with van der Waals surface area (Å²) < 4.78 is 29.6. The number of carbonyl (C=O) groups is 2. The zero-order valence-electron chi connectivity index (χ0n) is 26.6. The number of hydrogen-bond acceptors (Lipinski definition) is 4. The molecule has 1 N–H and O–H groups in total. The molecule has 0 fully saturated rings. The molecular weight excluding hydrogens is 582 g/mol. The summed E-state index contributed by atoms with van der Waals surface area (Å²) in [6.07, 6.45) is 2.01. The van der Waals surface area contributed by atoms with Crippen LogP contribution in [-0.4, -0.2) is 44.3 Å². The Morgan fingerprint density at radius 3 is 2.09 bits per heavy atom. The Morgan fingerprint density at radius 2 is 1.42 bits per heavy atom. The highest BCUT2D eigenvalue weighted by Gasteiger charge is 2.35. The minimum atomic E-state index is -4.14.